The summed E-state index contributed by atoms with van der Waals surface area (Å²) < 4.78 is 0. The molecule has 1 heterocycles. The zero-order chi connectivity index (χ0) is 13.0. The zero-order valence-electron chi connectivity index (χ0n) is 11.1. The number of rotatable bonds is 5. The second-order valence-corrected chi connectivity index (χ2v) is 4.74. The summed E-state index contributed by atoms with van der Waals surface area (Å²) >= 11 is 0. The minimum atomic E-state index is 0.439. The molecule has 0 aliphatic rings. The van der Waals surface area contributed by atoms with Crippen molar-refractivity contribution in [3.63, 3.8) is 0 Å². The molecule has 0 amide bonds. The van der Waals surface area contributed by atoms with Crippen molar-refractivity contribution in [3.05, 3.63) is 48.7 Å². The van der Waals surface area contributed by atoms with Crippen LogP contribution in [0.3, 0.4) is 0 Å². The highest BCUT2D eigenvalue weighted by molar-refractivity contribution is 5.93. The topological polar surface area (TPSA) is 24.9 Å². The van der Waals surface area contributed by atoms with Crippen molar-refractivity contribution < 1.29 is 0 Å². The van der Waals surface area contributed by atoms with Crippen LogP contribution in [0, 0.1) is 6.92 Å². The number of benzene rings is 1. The Morgan fingerprint density at radius 2 is 2.22 bits per heavy atom. The van der Waals surface area contributed by atoms with Crippen molar-refractivity contribution in [1.29, 1.82) is 0 Å². The fourth-order valence-electron chi connectivity index (χ4n) is 2.15. The van der Waals surface area contributed by atoms with Gasteiger partial charge in [-0.2, -0.15) is 0 Å². The molecule has 0 saturated heterocycles. The molecule has 1 N–H and O–H groups in total. The number of nitrogens with zero attached hydrogens (tertiary/aromatic N) is 1. The Morgan fingerprint density at radius 1 is 1.39 bits per heavy atom. The molecule has 1 unspecified atom stereocenters. The molecule has 0 aliphatic carbocycles. The molecule has 2 rings (SSSR count). The predicted octanol–water partition coefficient (Wildman–Crippen LogP) is 4.31. The molecule has 94 valence electrons. The Bertz CT molecular complexity index is 546. The van der Waals surface area contributed by atoms with Gasteiger partial charge in [-0.25, -0.2) is 0 Å². The van der Waals surface area contributed by atoms with E-state index in [1.165, 1.54) is 16.6 Å². The highest BCUT2D eigenvalue weighted by Gasteiger charge is 2.06. The highest BCUT2D eigenvalue weighted by Crippen LogP contribution is 2.25. The summed E-state index contributed by atoms with van der Waals surface area (Å²) in [5.41, 5.74) is 3.47. The third-order valence-electron chi connectivity index (χ3n) is 3.18. The van der Waals surface area contributed by atoms with E-state index in [-0.39, 0.29) is 0 Å². The largest absolute Gasteiger partial charge is 0.382 e. The van der Waals surface area contributed by atoms with E-state index < -0.39 is 0 Å². The van der Waals surface area contributed by atoms with Crippen LogP contribution in [0.15, 0.2) is 43.1 Å². The van der Waals surface area contributed by atoms with Crippen LogP contribution in [-0.2, 0) is 0 Å². The van der Waals surface area contributed by atoms with Gasteiger partial charge in [-0.15, -0.1) is 6.58 Å². The molecule has 0 spiro atoms. The molecule has 0 saturated carbocycles. The number of fused-ring (bicyclic) bond motifs is 1. The molecular weight excluding hydrogens is 220 g/mol. The lowest BCUT2D eigenvalue weighted by atomic mass is 10.1. The van der Waals surface area contributed by atoms with Crippen LogP contribution in [0.1, 0.15) is 25.3 Å². The third kappa shape index (κ3) is 2.70. The Kier molecular flexibility index (Phi) is 3.98. The fraction of sp³-hybridized carbons (Fsp3) is 0.312. The van der Waals surface area contributed by atoms with Crippen molar-refractivity contribution in [3.8, 4) is 0 Å². The molecule has 0 fully saturated rings. The molecule has 2 nitrogen and oxygen atoms in total. The van der Waals surface area contributed by atoms with Crippen LogP contribution in [0.4, 0.5) is 5.69 Å². The normalized spacial score (nSPS) is 12.3. The van der Waals surface area contributed by atoms with Gasteiger partial charge in [0, 0.05) is 23.3 Å². The summed E-state index contributed by atoms with van der Waals surface area (Å²) in [6.07, 6.45) is 5.95. The summed E-state index contributed by atoms with van der Waals surface area (Å²) in [6.45, 7) is 8.06. The standard InChI is InChI=1S/C16H20N2/c1-4-5-7-13(3)18-15-10-9-12(2)16-14(15)8-6-11-17-16/h4,6,8-11,13,18H,1,5,7H2,2-3H3. The number of aryl methyl sites for hydroxylation is 1. The van der Waals surface area contributed by atoms with Gasteiger partial charge in [-0.1, -0.05) is 12.1 Å². The predicted molar refractivity (Wildman–Crippen MR) is 79.0 cm³/mol. The number of anilines is 1. The van der Waals surface area contributed by atoms with Crippen molar-refractivity contribution in [2.24, 2.45) is 0 Å². The van der Waals surface area contributed by atoms with E-state index in [4.69, 9.17) is 0 Å². The van der Waals surface area contributed by atoms with Crippen LogP contribution in [0.25, 0.3) is 10.9 Å². The Morgan fingerprint density at radius 3 is 3.00 bits per heavy atom. The molecule has 1 aromatic carbocycles. The van der Waals surface area contributed by atoms with E-state index in [0.29, 0.717) is 6.04 Å². The van der Waals surface area contributed by atoms with E-state index in [2.05, 4.69) is 48.9 Å². The van der Waals surface area contributed by atoms with Gasteiger partial charge >= 0.3 is 0 Å². The number of allylic oxidation sites excluding steroid dienone is 1. The molecule has 18 heavy (non-hydrogen) atoms. The maximum atomic E-state index is 4.45. The first-order valence-corrected chi connectivity index (χ1v) is 6.44. The molecule has 0 bridgehead atoms. The molecule has 0 radical (unpaired) electrons. The van der Waals surface area contributed by atoms with Crippen LogP contribution >= 0.6 is 0 Å². The average Bonchev–Trinajstić information content (AvgIpc) is 2.40. The smallest absolute Gasteiger partial charge is 0.0751 e. The molecule has 2 heteroatoms. The summed E-state index contributed by atoms with van der Waals surface area (Å²) in [5.74, 6) is 0. The minimum Gasteiger partial charge on any atom is -0.382 e. The summed E-state index contributed by atoms with van der Waals surface area (Å²) in [6, 6.07) is 8.81. The van der Waals surface area contributed by atoms with E-state index in [9.17, 15) is 0 Å². The van der Waals surface area contributed by atoms with Gasteiger partial charge in [0.25, 0.3) is 0 Å². The summed E-state index contributed by atoms with van der Waals surface area (Å²) in [7, 11) is 0. The van der Waals surface area contributed by atoms with Crippen LogP contribution in [-0.4, -0.2) is 11.0 Å². The fourth-order valence-corrected chi connectivity index (χ4v) is 2.15. The number of hydrogen-bond acceptors (Lipinski definition) is 2. The third-order valence-corrected chi connectivity index (χ3v) is 3.18. The van der Waals surface area contributed by atoms with Crippen molar-refractivity contribution in [2.75, 3.05) is 5.32 Å². The van der Waals surface area contributed by atoms with Crippen molar-refractivity contribution in [1.82, 2.24) is 4.98 Å². The van der Waals surface area contributed by atoms with Gasteiger partial charge in [-0.05, 0) is 50.5 Å². The molecule has 1 aromatic heterocycles. The lowest BCUT2D eigenvalue weighted by Crippen LogP contribution is -2.14. The maximum Gasteiger partial charge on any atom is 0.0751 e. The maximum absolute atomic E-state index is 4.45. The quantitative estimate of drug-likeness (QED) is 0.788. The molecule has 1 atom stereocenters. The van der Waals surface area contributed by atoms with Crippen LogP contribution < -0.4 is 5.32 Å². The number of nitrogens with one attached hydrogen (secondary N) is 1. The summed E-state index contributed by atoms with van der Waals surface area (Å²) in [4.78, 5) is 4.45. The first-order valence-electron chi connectivity index (χ1n) is 6.44. The second-order valence-electron chi connectivity index (χ2n) is 4.74. The van der Waals surface area contributed by atoms with Crippen molar-refractivity contribution in [2.45, 2.75) is 32.7 Å². The number of hydrogen-bond donors (Lipinski definition) is 1. The lowest BCUT2D eigenvalue weighted by Gasteiger charge is -2.16. The van der Waals surface area contributed by atoms with Gasteiger partial charge in [0.1, 0.15) is 0 Å². The zero-order valence-corrected chi connectivity index (χ0v) is 11.1. The minimum absolute atomic E-state index is 0.439. The molecular formula is C16H20N2. The van der Waals surface area contributed by atoms with E-state index in [1.807, 2.05) is 18.3 Å². The van der Waals surface area contributed by atoms with Crippen LogP contribution in [0.5, 0.6) is 0 Å². The van der Waals surface area contributed by atoms with Gasteiger partial charge in [0.15, 0.2) is 0 Å². The van der Waals surface area contributed by atoms with Gasteiger partial charge in [0.2, 0.25) is 0 Å². The first kappa shape index (κ1) is 12.6. The van der Waals surface area contributed by atoms with E-state index in [0.717, 1.165) is 18.4 Å². The van der Waals surface area contributed by atoms with Gasteiger partial charge < -0.3 is 5.32 Å². The van der Waals surface area contributed by atoms with Gasteiger partial charge in [0.05, 0.1) is 5.52 Å². The second kappa shape index (κ2) is 5.67. The summed E-state index contributed by atoms with van der Waals surface area (Å²) in [5, 5.41) is 4.76. The average molecular weight is 240 g/mol. The van der Waals surface area contributed by atoms with Crippen LogP contribution in [0.2, 0.25) is 0 Å². The first-order chi connectivity index (χ1) is 8.72. The SMILES string of the molecule is C=CCCC(C)Nc1ccc(C)c2ncccc12. The van der Waals surface area contributed by atoms with E-state index in [1.54, 1.807) is 0 Å². The Hall–Kier alpha value is -1.83. The van der Waals surface area contributed by atoms with Gasteiger partial charge in [-0.3, -0.25) is 4.98 Å². The Balaban J connectivity index is 2.28. The number of pyridine rings is 1. The molecule has 0 aliphatic heterocycles. The highest BCUT2D eigenvalue weighted by atomic mass is 14.9. The Labute approximate surface area is 109 Å². The van der Waals surface area contributed by atoms with Crippen molar-refractivity contribution >= 4 is 16.6 Å². The number of aromatic nitrogens is 1. The molecule has 2 aromatic rings. The lowest BCUT2D eigenvalue weighted by molar-refractivity contribution is 0.720. The van der Waals surface area contributed by atoms with E-state index >= 15 is 0 Å². The monoisotopic (exact) mass is 240 g/mol.